The van der Waals surface area contributed by atoms with Gasteiger partial charge < -0.3 is 13.9 Å². The fraction of sp³-hybridized carbons (Fsp3) is 0.182. The Kier molecular flexibility index (Phi) is 2.58. The lowest BCUT2D eigenvalue weighted by molar-refractivity contribution is 0.355. The first-order valence-electron chi connectivity index (χ1n) is 4.40. The molecule has 0 bridgehead atoms. The predicted molar refractivity (Wildman–Crippen MR) is 53.9 cm³/mol. The molecule has 4 nitrogen and oxygen atoms in total. The summed E-state index contributed by atoms with van der Waals surface area (Å²) in [5.74, 6) is 1.89. The molecule has 1 aromatic heterocycles. The van der Waals surface area contributed by atoms with E-state index in [2.05, 4.69) is 11.4 Å². The molecular formula is C11H10NO3. The van der Waals surface area contributed by atoms with Gasteiger partial charge in [0.05, 0.1) is 26.0 Å². The highest BCUT2D eigenvalue weighted by atomic mass is 16.5. The number of methoxy groups -OCH3 is 2. The van der Waals surface area contributed by atoms with Crippen molar-refractivity contribution in [3.63, 3.8) is 0 Å². The van der Waals surface area contributed by atoms with Gasteiger partial charge in [-0.25, -0.2) is 4.98 Å². The van der Waals surface area contributed by atoms with Gasteiger partial charge in [-0.2, -0.15) is 0 Å². The van der Waals surface area contributed by atoms with E-state index in [1.54, 1.807) is 20.4 Å². The van der Waals surface area contributed by atoms with Crippen molar-refractivity contribution in [1.82, 2.24) is 4.98 Å². The van der Waals surface area contributed by atoms with Crippen LogP contribution in [0.15, 0.2) is 28.8 Å². The van der Waals surface area contributed by atoms with Crippen LogP contribution in [0.4, 0.5) is 0 Å². The lowest BCUT2D eigenvalue weighted by Crippen LogP contribution is -1.92. The summed E-state index contributed by atoms with van der Waals surface area (Å²) in [7, 11) is 3.18. The van der Waals surface area contributed by atoms with E-state index in [9.17, 15) is 0 Å². The number of hydrogen-bond acceptors (Lipinski definition) is 4. The van der Waals surface area contributed by atoms with E-state index in [0.29, 0.717) is 17.3 Å². The molecule has 0 aliphatic rings. The molecule has 1 radical (unpaired) electrons. The number of oxazole rings is 1. The lowest BCUT2D eigenvalue weighted by Gasteiger charge is -2.10. The van der Waals surface area contributed by atoms with Gasteiger partial charge >= 0.3 is 0 Å². The molecular weight excluding hydrogens is 194 g/mol. The quantitative estimate of drug-likeness (QED) is 0.768. The maximum absolute atomic E-state index is 5.26. The van der Waals surface area contributed by atoms with E-state index in [0.717, 1.165) is 5.56 Å². The van der Waals surface area contributed by atoms with Crippen molar-refractivity contribution in [2.24, 2.45) is 0 Å². The second-order valence-corrected chi connectivity index (χ2v) is 2.86. The van der Waals surface area contributed by atoms with Crippen molar-refractivity contribution < 1.29 is 13.9 Å². The Hall–Kier alpha value is -1.97. The van der Waals surface area contributed by atoms with Crippen LogP contribution in [0.5, 0.6) is 11.5 Å². The molecule has 1 heterocycles. The van der Waals surface area contributed by atoms with Gasteiger partial charge in [0, 0.05) is 0 Å². The molecule has 2 rings (SSSR count). The topological polar surface area (TPSA) is 44.5 Å². The first-order chi connectivity index (χ1) is 7.36. The first-order valence-corrected chi connectivity index (χ1v) is 4.40. The Balaban J connectivity index is 2.56. The summed E-state index contributed by atoms with van der Waals surface area (Å²) in [5, 5.41) is 0. The van der Waals surface area contributed by atoms with Crippen LogP contribution in [0.2, 0.25) is 0 Å². The van der Waals surface area contributed by atoms with Gasteiger partial charge in [-0.05, 0) is 12.1 Å². The molecule has 0 saturated heterocycles. The van der Waals surface area contributed by atoms with Crippen molar-refractivity contribution in [2.75, 3.05) is 14.2 Å². The summed E-state index contributed by atoms with van der Waals surface area (Å²) >= 11 is 0. The zero-order valence-corrected chi connectivity index (χ0v) is 8.48. The van der Waals surface area contributed by atoms with E-state index >= 15 is 0 Å². The minimum atomic E-state index is 0.603. The highest BCUT2D eigenvalue weighted by molar-refractivity contribution is 5.69. The molecule has 77 valence electrons. The van der Waals surface area contributed by atoms with Gasteiger partial charge in [-0.3, -0.25) is 0 Å². The lowest BCUT2D eigenvalue weighted by atomic mass is 10.1. The van der Waals surface area contributed by atoms with Crippen LogP contribution in [-0.4, -0.2) is 19.2 Å². The van der Waals surface area contributed by atoms with Crippen LogP contribution in [-0.2, 0) is 0 Å². The fourth-order valence-electron chi connectivity index (χ4n) is 1.39. The Bertz CT molecular complexity index is 437. The minimum absolute atomic E-state index is 0.603. The molecule has 15 heavy (non-hydrogen) atoms. The highest BCUT2D eigenvalue weighted by Crippen LogP contribution is 2.37. The van der Waals surface area contributed by atoms with E-state index in [1.807, 2.05) is 18.2 Å². The zero-order valence-electron chi connectivity index (χ0n) is 8.48. The molecule has 0 fully saturated rings. The van der Waals surface area contributed by atoms with Crippen molar-refractivity contribution in [3.8, 4) is 22.8 Å². The number of para-hydroxylation sites is 1. The van der Waals surface area contributed by atoms with E-state index in [4.69, 9.17) is 13.9 Å². The summed E-state index contributed by atoms with van der Waals surface area (Å²) in [4.78, 5) is 3.74. The minimum Gasteiger partial charge on any atom is -0.493 e. The normalized spacial score (nSPS) is 10.0. The Morgan fingerprint density at radius 2 is 2.13 bits per heavy atom. The first kappa shape index (κ1) is 9.58. The monoisotopic (exact) mass is 204 g/mol. The number of benzene rings is 1. The van der Waals surface area contributed by atoms with Gasteiger partial charge in [0.1, 0.15) is 0 Å². The average molecular weight is 204 g/mol. The maximum Gasteiger partial charge on any atom is 0.284 e. The van der Waals surface area contributed by atoms with Crippen LogP contribution in [0.25, 0.3) is 11.3 Å². The van der Waals surface area contributed by atoms with E-state index in [-0.39, 0.29) is 0 Å². The van der Waals surface area contributed by atoms with Gasteiger partial charge in [0.25, 0.3) is 6.39 Å². The third-order valence-corrected chi connectivity index (χ3v) is 2.06. The zero-order chi connectivity index (χ0) is 10.7. The second kappa shape index (κ2) is 4.04. The van der Waals surface area contributed by atoms with Crippen molar-refractivity contribution in [3.05, 3.63) is 30.8 Å². The maximum atomic E-state index is 5.26. The summed E-state index contributed by atoms with van der Waals surface area (Å²) < 4.78 is 15.5. The smallest absolute Gasteiger partial charge is 0.284 e. The average Bonchev–Trinajstić information content (AvgIpc) is 2.81. The largest absolute Gasteiger partial charge is 0.493 e. The second-order valence-electron chi connectivity index (χ2n) is 2.86. The van der Waals surface area contributed by atoms with Gasteiger partial charge in [0.15, 0.2) is 17.3 Å². The van der Waals surface area contributed by atoms with Crippen molar-refractivity contribution in [1.29, 1.82) is 0 Å². The number of aromatic nitrogens is 1. The van der Waals surface area contributed by atoms with Crippen LogP contribution in [0.1, 0.15) is 0 Å². The summed E-state index contributed by atoms with van der Waals surface area (Å²) in [6, 6.07) is 5.55. The summed E-state index contributed by atoms with van der Waals surface area (Å²) in [6.07, 6.45) is 3.98. The number of rotatable bonds is 3. The van der Waals surface area contributed by atoms with Crippen LogP contribution in [0.3, 0.4) is 0 Å². The van der Waals surface area contributed by atoms with Gasteiger partial charge in [-0.15, -0.1) is 0 Å². The molecule has 0 atom stereocenters. The van der Waals surface area contributed by atoms with Gasteiger partial charge in [-0.1, -0.05) is 6.07 Å². The molecule has 0 saturated carbocycles. The van der Waals surface area contributed by atoms with E-state index < -0.39 is 0 Å². The molecule has 0 aliphatic heterocycles. The van der Waals surface area contributed by atoms with Gasteiger partial charge in [0.2, 0.25) is 0 Å². The fourth-order valence-corrected chi connectivity index (χ4v) is 1.39. The Labute approximate surface area is 87.5 Å². The molecule has 1 aromatic carbocycles. The highest BCUT2D eigenvalue weighted by Gasteiger charge is 2.13. The summed E-state index contributed by atoms with van der Waals surface area (Å²) in [5.41, 5.74) is 0.797. The third kappa shape index (κ3) is 1.66. The third-order valence-electron chi connectivity index (χ3n) is 2.06. The molecule has 0 N–H and O–H groups in total. The number of nitrogens with zero attached hydrogens (tertiary/aromatic N) is 1. The molecule has 0 spiro atoms. The van der Waals surface area contributed by atoms with E-state index in [1.165, 1.54) is 0 Å². The molecule has 4 heteroatoms. The molecule has 2 aromatic rings. The predicted octanol–water partition coefficient (Wildman–Crippen LogP) is 2.16. The molecule has 0 amide bonds. The van der Waals surface area contributed by atoms with Crippen LogP contribution < -0.4 is 9.47 Å². The number of ether oxygens (including phenoxy) is 2. The van der Waals surface area contributed by atoms with Crippen LogP contribution in [0, 0.1) is 6.39 Å². The Morgan fingerprint density at radius 1 is 1.27 bits per heavy atom. The number of hydrogen-bond donors (Lipinski definition) is 0. The SMILES string of the molecule is COc1cccc(-c2cn[c]o2)c1OC. The standard InChI is InChI=1S/C11H10NO3/c1-13-9-5-3-4-8(11(9)14-2)10-6-12-7-15-10/h3-6H,1-2H3. The van der Waals surface area contributed by atoms with Crippen LogP contribution >= 0.6 is 0 Å². The molecule has 0 unspecified atom stereocenters. The Morgan fingerprint density at radius 3 is 2.73 bits per heavy atom. The molecule has 0 aliphatic carbocycles. The van der Waals surface area contributed by atoms with Crippen molar-refractivity contribution in [2.45, 2.75) is 0 Å². The van der Waals surface area contributed by atoms with Crippen molar-refractivity contribution >= 4 is 0 Å². The summed E-state index contributed by atoms with van der Waals surface area (Å²) in [6.45, 7) is 0.